The van der Waals surface area contributed by atoms with Crippen molar-refractivity contribution in [1.82, 2.24) is 5.32 Å². The smallest absolute Gasteiger partial charge is 0.324 e. The average molecular weight is 248 g/mol. The Kier molecular flexibility index (Phi) is 6.43. The number of thioether (sulfide) groups is 1. The number of amides is 1. The van der Waals surface area contributed by atoms with E-state index in [1.807, 2.05) is 0 Å². The maximum absolute atomic E-state index is 11.4. The number of hydrogen-bond acceptors (Lipinski definition) is 5. The number of hydrogen-bond donors (Lipinski definition) is 2. The molecule has 0 spiro atoms. The first kappa shape index (κ1) is 15.2. The molecule has 0 unspecified atom stereocenters. The maximum Gasteiger partial charge on any atom is 0.324 e. The second-order valence-corrected chi connectivity index (χ2v) is 5.42. The number of esters is 1. The van der Waals surface area contributed by atoms with Crippen LogP contribution in [0.3, 0.4) is 0 Å². The molecule has 0 fully saturated rings. The summed E-state index contributed by atoms with van der Waals surface area (Å²) in [6.07, 6.45) is 0. The lowest BCUT2D eigenvalue weighted by Gasteiger charge is -2.22. The Labute approximate surface area is 100 Å². The number of rotatable bonds is 5. The van der Waals surface area contributed by atoms with Gasteiger partial charge in [0.2, 0.25) is 5.91 Å². The number of nitrogens with two attached hydrogens (primary N) is 1. The van der Waals surface area contributed by atoms with Crippen LogP contribution in [0.25, 0.3) is 0 Å². The molecule has 0 aliphatic heterocycles. The second-order valence-electron chi connectivity index (χ2n) is 4.39. The van der Waals surface area contributed by atoms with Gasteiger partial charge in [-0.05, 0) is 20.8 Å². The third-order valence-corrected chi connectivity index (χ3v) is 2.37. The molecule has 0 aromatic rings. The van der Waals surface area contributed by atoms with Crippen molar-refractivity contribution >= 4 is 23.6 Å². The van der Waals surface area contributed by atoms with Gasteiger partial charge in [0.1, 0.15) is 11.6 Å². The minimum absolute atomic E-state index is 0.0988. The van der Waals surface area contributed by atoms with E-state index < -0.39 is 17.6 Å². The summed E-state index contributed by atoms with van der Waals surface area (Å²) in [5, 5.41) is 2.60. The Balaban J connectivity index is 3.76. The van der Waals surface area contributed by atoms with Gasteiger partial charge in [0.05, 0.1) is 5.88 Å². The Morgan fingerprint density at radius 1 is 1.44 bits per heavy atom. The molecule has 1 amide bonds. The first-order valence-electron chi connectivity index (χ1n) is 5.03. The molecule has 0 rings (SSSR count). The quantitative estimate of drug-likeness (QED) is 0.420. The van der Waals surface area contributed by atoms with E-state index in [1.165, 1.54) is 18.7 Å². The van der Waals surface area contributed by atoms with E-state index in [-0.39, 0.29) is 5.91 Å². The molecule has 0 aliphatic rings. The topological polar surface area (TPSA) is 81.4 Å². The normalized spacial score (nSPS) is 13.1. The zero-order valence-corrected chi connectivity index (χ0v) is 11.0. The fourth-order valence-electron chi connectivity index (χ4n) is 0.784. The van der Waals surface area contributed by atoms with Crippen LogP contribution in [0.15, 0.2) is 0 Å². The van der Waals surface area contributed by atoms with Crippen LogP contribution in [-0.2, 0) is 14.3 Å². The zero-order valence-electron chi connectivity index (χ0n) is 10.2. The van der Waals surface area contributed by atoms with Crippen molar-refractivity contribution < 1.29 is 14.3 Å². The molecule has 94 valence electrons. The molecule has 0 radical (unpaired) electrons. The molecule has 5 nitrogen and oxygen atoms in total. The summed E-state index contributed by atoms with van der Waals surface area (Å²) >= 11 is 1.39. The van der Waals surface area contributed by atoms with Gasteiger partial charge in [-0.2, -0.15) is 0 Å². The Morgan fingerprint density at radius 3 is 2.44 bits per heavy atom. The molecule has 0 aromatic carbocycles. The maximum atomic E-state index is 11.4. The fourth-order valence-corrected chi connectivity index (χ4v) is 1.60. The molecule has 1 atom stereocenters. The second kappa shape index (κ2) is 6.75. The van der Waals surface area contributed by atoms with Crippen LogP contribution in [0.1, 0.15) is 27.7 Å². The van der Waals surface area contributed by atoms with Crippen molar-refractivity contribution in [3.63, 3.8) is 0 Å². The molecule has 0 heterocycles. The van der Waals surface area contributed by atoms with Crippen molar-refractivity contribution in [3.8, 4) is 0 Å². The molecule has 16 heavy (non-hydrogen) atoms. The number of carbonyl (C=O) groups is 2. The molecule has 0 saturated carbocycles. The van der Waals surface area contributed by atoms with Crippen molar-refractivity contribution in [2.75, 3.05) is 11.6 Å². The van der Waals surface area contributed by atoms with Gasteiger partial charge >= 0.3 is 5.97 Å². The Hall–Kier alpha value is -0.750. The molecule has 0 saturated heterocycles. The van der Waals surface area contributed by atoms with Crippen LogP contribution < -0.4 is 11.1 Å². The third kappa shape index (κ3) is 8.55. The fraction of sp³-hybridized carbons (Fsp3) is 0.800. The predicted molar refractivity (Wildman–Crippen MR) is 65.0 cm³/mol. The lowest BCUT2D eigenvalue weighted by atomic mass is 10.2. The molecular formula is C10H20N2O3S. The van der Waals surface area contributed by atoms with E-state index in [4.69, 9.17) is 10.5 Å². The van der Waals surface area contributed by atoms with Gasteiger partial charge in [-0.1, -0.05) is 0 Å². The average Bonchev–Trinajstić information content (AvgIpc) is 2.08. The molecule has 6 heteroatoms. The Bertz CT molecular complexity index is 251. The van der Waals surface area contributed by atoms with Crippen LogP contribution in [0.5, 0.6) is 0 Å². The number of ether oxygens (including phenoxy) is 1. The zero-order chi connectivity index (χ0) is 12.8. The monoisotopic (exact) mass is 248 g/mol. The highest BCUT2D eigenvalue weighted by molar-refractivity contribution is 7.99. The summed E-state index contributed by atoms with van der Waals surface area (Å²) < 4.78 is 5.11. The molecule has 3 N–H and O–H groups in total. The van der Waals surface area contributed by atoms with E-state index in [9.17, 15) is 9.59 Å². The van der Waals surface area contributed by atoms with Crippen LogP contribution in [0.4, 0.5) is 0 Å². The van der Waals surface area contributed by atoms with Crippen LogP contribution in [0, 0.1) is 0 Å². The van der Waals surface area contributed by atoms with Gasteiger partial charge in [-0.3, -0.25) is 9.59 Å². The SMILES string of the molecule is CC(=O)NCSC[C@H](N)C(=O)OC(C)(C)C. The van der Waals surface area contributed by atoms with Crippen LogP contribution in [-0.4, -0.2) is 35.1 Å². The first-order valence-corrected chi connectivity index (χ1v) is 6.18. The molecule has 0 aliphatic carbocycles. The lowest BCUT2D eigenvalue weighted by molar-refractivity contribution is -0.155. The van der Waals surface area contributed by atoms with Crippen molar-refractivity contribution in [3.05, 3.63) is 0 Å². The summed E-state index contributed by atoms with van der Waals surface area (Å²) in [5.74, 6) is 0.363. The summed E-state index contributed by atoms with van der Waals surface area (Å²) in [6, 6.07) is -0.655. The van der Waals surface area contributed by atoms with Gasteiger partial charge < -0.3 is 15.8 Å². The van der Waals surface area contributed by atoms with Gasteiger partial charge in [0, 0.05) is 12.7 Å². The number of nitrogens with one attached hydrogen (secondary N) is 1. The van der Waals surface area contributed by atoms with Crippen molar-refractivity contribution in [2.24, 2.45) is 5.73 Å². The van der Waals surface area contributed by atoms with Gasteiger partial charge in [0.15, 0.2) is 0 Å². The van der Waals surface area contributed by atoms with Crippen molar-refractivity contribution in [2.45, 2.75) is 39.3 Å². The molecule has 0 bridgehead atoms. The van der Waals surface area contributed by atoms with E-state index in [0.717, 1.165) is 0 Å². The van der Waals surface area contributed by atoms with Crippen LogP contribution in [0.2, 0.25) is 0 Å². The first-order chi connectivity index (χ1) is 7.22. The van der Waals surface area contributed by atoms with Gasteiger partial charge in [0.25, 0.3) is 0 Å². The van der Waals surface area contributed by atoms with E-state index in [1.54, 1.807) is 20.8 Å². The summed E-state index contributed by atoms with van der Waals surface area (Å²) in [4.78, 5) is 22.0. The highest BCUT2D eigenvalue weighted by atomic mass is 32.2. The highest BCUT2D eigenvalue weighted by Crippen LogP contribution is 2.09. The van der Waals surface area contributed by atoms with Gasteiger partial charge in [-0.25, -0.2) is 0 Å². The number of carbonyl (C=O) groups excluding carboxylic acids is 2. The van der Waals surface area contributed by atoms with Gasteiger partial charge in [-0.15, -0.1) is 11.8 Å². The van der Waals surface area contributed by atoms with E-state index >= 15 is 0 Å². The minimum Gasteiger partial charge on any atom is -0.459 e. The Morgan fingerprint density at radius 2 is 2.00 bits per heavy atom. The summed E-state index contributed by atoms with van der Waals surface area (Å²) in [6.45, 7) is 6.82. The molecular weight excluding hydrogens is 228 g/mol. The lowest BCUT2D eigenvalue weighted by Crippen LogP contribution is -2.39. The molecule has 0 aromatic heterocycles. The minimum atomic E-state index is -0.655. The largest absolute Gasteiger partial charge is 0.459 e. The van der Waals surface area contributed by atoms with Crippen LogP contribution >= 0.6 is 11.8 Å². The highest BCUT2D eigenvalue weighted by Gasteiger charge is 2.21. The summed E-state index contributed by atoms with van der Waals surface area (Å²) in [5.41, 5.74) is 5.12. The third-order valence-electron chi connectivity index (χ3n) is 1.43. The predicted octanol–water partition coefficient (Wildman–Crippen LogP) is 0.482. The van der Waals surface area contributed by atoms with E-state index in [0.29, 0.717) is 11.6 Å². The summed E-state index contributed by atoms with van der Waals surface area (Å²) in [7, 11) is 0. The standard InChI is InChI=1S/C10H20N2O3S/c1-7(13)12-6-16-5-8(11)9(14)15-10(2,3)4/h8H,5-6,11H2,1-4H3,(H,12,13)/t8-/m0/s1. The van der Waals surface area contributed by atoms with Crippen molar-refractivity contribution in [1.29, 1.82) is 0 Å². The van der Waals surface area contributed by atoms with E-state index in [2.05, 4.69) is 5.32 Å².